The SMILES string of the molecule is CC1(c2c(OCc3ccccc3)ccc(C(=O)O)c2Br)CCCCC1. The second kappa shape index (κ2) is 7.61. The van der Waals surface area contributed by atoms with Crippen molar-refractivity contribution < 1.29 is 14.6 Å². The van der Waals surface area contributed by atoms with Gasteiger partial charge in [0.15, 0.2) is 0 Å². The maximum absolute atomic E-state index is 11.6. The highest BCUT2D eigenvalue weighted by Crippen LogP contribution is 2.47. The van der Waals surface area contributed by atoms with Crippen LogP contribution in [0.5, 0.6) is 5.75 Å². The van der Waals surface area contributed by atoms with E-state index in [0.29, 0.717) is 16.6 Å². The van der Waals surface area contributed by atoms with E-state index >= 15 is 0 Å². The number of hydrogen-bond acceptors (Lipinski definition) is 2. The smallest absolute Gasteiger partial charge is 0.336 e. The van der Waals surface area contributed by atoms with Crippen molar-refractivity contribution in [2.75, 3.05) is 0 Å². The van der Waals surface area contributed by atoms with Gasteiger partial charge in [0.1, 0.15) is 12.4 Å². The maximum Gasteiger partial charge on any atom is 0.336 e. The van der Waals surface area contributed by atoms with Gasteiger partial charge < -0.3 is 9.84 Å². The Bertz CT molecular complexity index is 749. The molecule has 0 heterocycles. The molecule has 0 aliphatic heterocycles. The molecule has 2 aromatic rings. The minimum atomic E-state index is -0.915. The van der Waals surface area contributed by atoms with Gasteiger partial charge in [-0.05, 0) is 51.9 Å². The lowest BCUT2D eigenvalue weighted by Crippen LogP contribution is -2.27. The molecule has 3 nitrogen and oxygen atoms in total. The van der Waals surface area contributed by atoms with E-state index in [9.17, 15) is 9.90 Å². The summed E-state index contributed by atoms with van der Waals surface area (Å²) in [6.45, 7) is 2.70. The van der Waals surface area contributed by atoms with Crippen molar-refractivity contribution in [1.29, 1.82) is 0 Å². The van der Waals surface area contributed by atoms with Gasteiger partial charge in [-0.15, -0.1) is 0 Å². The number of hydrogen-bond donors (Lipinski definition) is 1. The Morgan fingerprint density at radius 3 is 2.44 bits per heavy atom. The fourth-order valence-corrected chi connectivity index (χ4v) is 4.70. The Morgan fingerprint density at radius 2 is 1.80 bits per heavy atom. The molecule has 1 saturated carbocycles. The lowest BCUT2D eigenvalue weighted by Gasteiger charge is -2.36. The molecule has 0 atom stereocenters. The average Bonchev–Trinajstić information content (AvgIpc) is 2.61. The third-order valence-electron chi connectivity index (χ3n) is 5.13. The zero-order valence-corrected chi connectivity index (χ0v) is 16.0. The van der Waals surface area contributed by atoms with Crippen molar-refractivity contribution in [2.45, 2.75) is 51.0 Å². The summed E-state index contributed by atoms with van der Waals surface area (Å²) >= 11 is 3.57. The van der Waals surface area contributed by atoms with Crippen LogP contribution < -0.4 is 4.74 Å². The Labute approximate surface area is 157 Å². The first-order valence-electron chi connectivity index (χ1n) is 8.74. The molecule has 4 heteroatoms. The second-order valence-electron chi connectivity index (χ2n) is 7.00. The lowest BCUT2D eigenvalue weighted by molar-refractivity contribution is 0.0695. The van der Waals surface area contributed by atoms with Gasteiger partial charge in [-0.3, -0.25) is 0 Å². The van der Waals surface area contributed by atoms with Crippen LogP contribution >= 0.6 is 15.9 Å². The minimum absolute atomic E-state index is 0.0609. The summed E-state index contributed by atoms with van der Waals surface area (Å²) < 4.78 is 6.80. The third kappa shape index (κ3) is 3.90. The van der Waals surface area contributed by atoms with Gasteiger partial charge in [0.05, 0.1) is 5.56 Å². The minimum Gasteiger partial charge on any atom is -0.489 e. The van der Waals surface area contributed by atoms with Crippen molar-refractivity contribution in [3.05, 3.63) is 63.6 Å². The molecule has 0 saturated heterocycles. The number of benzene rings is 2. The van der Waals surface area contributed by atoms with Crippen LogP contribution in [-0.2, 0) is 12.0 Å². The number of halogens is 1. The van der Waals surface area contributed by atoms with E-state index in [2.05, 4.69) is 22.9 Å². The fourth-order valence-electron chi connectivity index (χ4n) is 3.72. The van der Waals surface area contributed by atoms with E-state index in [-0.39, 0.29) is 5.41 Å². The quantitative estimate of drug-likeness (QED) is 0.671. The van der Waals surface area contributed by atoms with Crippen LogP contribution in [0.3, 0.4) is 0 Å². The van der Waals surface area contributed by atoms with Crippen LogP contribution in [0.25, 0.3) is 0 Å². The molecule has 0 bridgehead atoms. The number of carboxylic acids is 1. The summed E-state index contributed by atoms with van der Waals surface area (Å²) in [5.74, 6) is -0.132. The normalized spacial score (nSPS) is 16.4. The van der Waals surface area contributed by atoms with Crippen molar-refractivity contribution >= 4 is 21.9 Å². The standard InChI is InChI=1S/C21H23BrO3/c1-21(12-6-3-7-13-21)18-17(11-10-16(19(18)22)20(23)24)25-14-15-8-4-2-5-9-15/h2,4-5,8-11H,3,6-7,12-14H2,1H3,(H,23,24). The molecule has 1 aliphatic carbocycles. The first-order valence-corrected chi connectivity index (χ1v) is 9.53. The third-order valence-corrected chi connectivity index (χ3v) is 5.96. The van der Waals surface area contributed by atoms with Gasteiger partial charge in [0, 0.05) is 10.0 Å². The molecule has 1 aliphatic rings. The lowest BCUT2D eigenvalue weighted by atomic mass is 9.70. The van der Waals surface area contributed by atoms with Crippen molar-refractivity contribution in [3.63, 3.8) is 0 Å². The monoisotopic (exact) mass is 402 g/mol. The maximum atomic E-state index is 11.6. The van der Waals surface area contributed by atoms with Gasteiger partial charge in [-0.25, -0.2) is 4.79 Å². The topological polar surface area (TPSA) is 46.5 Å². The molecule has 0 amide bonds. The number of carbonyl (C=O) groups is 1. The molecule has 25 heavy (non-hydrogen) atoms. The number of rotatable bonds is 5. The largest absolute Gasteiger partial charge is 0.489 e. The van der Waals surface area contributed by atoms with Crippen molar-refractivity contribution in [2.24, 2.45) is 0 Å². The summed E-state index contributed by atoms with van der Waals surface area (Å²) in [7, 11) is 0. The predicted molar refractivity (Wildman–Crippen MR) is 102 cm³/mol. The molecule has 132 valence electrons. The van der Waals surface area contributed by atoms with Crippen LogP contribution in [0.4, 0.5) is 0 Å². The van der Waals surface area contributed by atoms with E-state index in [4.69, 9.17) is 4.74 Å². The van der Waals surface area contributed by atoms with Gasteiger partial charge in [-0.2, -0.15) is 0 Å². The Morgan fingerprint density at radius 1 is 1.12 bits per heavy atom. The zero-order chi connectivity index (χ0) is 17.9. The predicted octanol–water partition coefficient (Wildman–Crippen LogP) is 5.95. The summed E-state index contributed by atoms with van der Waals surface area (Å²) in [6, 6.07) is 13.5. The van der Waals surface area contributed by atoms with Gasteiger partial charge >= 0.3 is 5.97 Å². The fraction of sp³-hybridized carbons (Fsp3) is 0.381. The van der Waals surface area contributed by atoms with E-state index in [0.717, 1.165) is 29.7 Å². The van der Waals surface area contributed by atoms with Crippen LogP contribution in [0.15, 0.2) is 46.9 Å². The summed E-state index contributed by atoms with van der Waals surface area (Å²) in [5.41, 5.74) is 2.34. The van der Waals surface area contributed by atoms with Crippen molar-refractivity contribution in [1.82, 2.24) is 0 Å². The van der Waals surface area contributed by atoms with Gasteiger partial charge in [0.2, 0.25) is 0 Å². The average molecular weight is 403 g/mol. The van der Waals surface area contributed by atoms with E-state index in [1.807, 2.05) is 36.4 Å². The zero-order valence-electron chi connectivity index (χ0n) is 14.4. The number of aromatic carboxylic acids is 1. The highest BCUT2D eigenvalue weighted by atomic mass is 79.9. The second-order valence-corrected chi connectivity index (χ2v) is 7.79. The van der Waals surface area contributed by atoms with Gasteiger partial charge in [-0.1, -0.05) is 56.5 Å². The van der Waals surface area contributed by atoms with E-state index in [1.165, 1.54) is 19.3 Å². The first-order chi connectivity index (χ1) is 12.0. The molecule has 0 spiro atoms. The van der Waals surface area contributed by atoms with Crippen LogP contribution in [0, 0.1) is 0 Å². The van der Waals surface area contributed by atoms with Gasteiger partial charge in [0.25, 0.3) is 0 Å². The Hall–Kier alpha value is -1.81. The summed E-state index contributed by atoms with van der Waals surface area (Å²) in [6.07, 6.45) is 5.68. The molecule has 0 aromatic heterocycles. The summed E-state index contributed by atoms with van der Waals surface area (Å²) in [5, 5.41) is 9.50. The van der Waals surface area contributed by atoms with Crippen LogP contribution in [-0.4, -0.2) is 11.1 Å². The highest BCUT2D eigenvalue weighted by molar-refractivity contribution is 9.10. The van der Waals surface area contributed by atoms with Crippen molar-refractivity contribution in [3.8, 4) is 5.75 Å². The molecular formula is C21H23BrO3. The highest BCUT2D eigenvalue weighted by Gasteiger charge is 2.35. The molecule has 0 unspecified atom stereocenters. The Kier molecular flexibility index (Phi) is 5.48. The van der Waals surface area contributed by atoms with E-state index in [1.54, 1.807) is 6.07 Å². The molecule has 2 aromatic carbocycles. The molecule has 1 N–H and O–H groups in total. The Balaban J connectivity index is 1.99. The first kappa shape index (κ1) is 18.0. The molecule has 1 fully saturated rings. The molecular weight excluding hydrogens is 380 g/mol. The van der Waals surface area contributed by atoms with Crippen LogP contribution in [0.2, 0.25) is 0 Å². The molecule has 3 rings (SSSR count). The number of carboxylic acid groups (broad SMARTS) is 1. The number of ether oxygens (including phenoxy) is 1. The summed E-state index contributed by atoms with van der Waals surface area (Å²) in [4.78, 5) is 11.6. The molecule has 0 radical (unpaired) electrons. The van der Waals surface area contributed by atoms with Crippen LogP contribution in [0.1, 0.15) is 60.5 Å². The van der Waals surface area contributed by atoms with E-state index < -0.39 is 5.97 Å².